The molecule has 0 atom stereocenters. The minimum atomic E-state index is -0.735. The first-order valence-electron chi connectivity index (χ1n) is 6.40. The molecule has 1 aliphatic carbocycles. The maximum Gasteiger partial charge on any atom is 0.325 e. The normalized spacial score (nSPS) is 20.7. The fourth-order valence-corrected chi connectivity index (χ4v) is 2.81. The highest BCUT2D eigenvalue weighted by atomic mass is 16.2. The summed E-state index contributed by atoms with van der Waals surface area (Å²) in [5.41, 5.74) is 10.2. The minimum absolute atomic E-state index is 0.0323. The van der Waals surface area contributed by atoms with Crippen LogP contribution < -0.4 is 16.8 Å². The Morgan fingerprint density at radius 2 is 1.70 bits per heavy atom. The summed E-state index contributed by atoms with van der Waals surface area (Å²) in [6.07, 6.45) is 3.22. The standard InChI is InChI=1S/C11H15N7O2/c12-8-14-6(15-9(13)16-8)5-18-7(19)11(17-10(18)20)3-1-2-4-11/h1-5H2,(H,17,20)(H4,12,13,14,15,16). The summed E-state index contributed by atoms with van der Waals surface area (Å²) in [6.45, 7) is -0.0522. The van der Waals surface area contributed by atoms with E-state index in [9.17, 15) is 9.59 Å². The molecule has 5 N–H and O–H groups in total. The maximum atomic E-state index is 12.4. The zero-order valence-corrected chi connectivity index (χ0v) is 10.8. The van der Waals surface area contributed by atoms with Crippen LogP contribution in [0.1, 0.15) is 31.5 Å². The summed E-state index contributed by atoms with van der Waals surface area (Å²) in [4.78, 5) is 36.9. The second-order valence-electron chi connectivity index (χ2n) is 5.08. The highest BCUT2D eigenvalue weighted by Crippen LogP contribution is 2.35. The molecule has 3 amide bonds. The van der Waals surface area contributed by atoms with E-state index >= 15 is 0 Å². The monoisotopic (exact) mass is 277 g/mol. The van der Waals surface area contributed by atoms with Crippen molar-refractivity contribution < 1.29 is 9.59 Å². The highest BCUT2D eigenvalue weighted by Gasteiger charge is 2.52. The molecule has 9 nitrogen and oxygen atoms in total. The fourth-order valence-electron chi connectivity index (χ4n) is 2.81. The molecule has 2 aliphatic rings. The van der Waals surface area contributed by atoms with Crippen LogP contribution in [0.4, 0.5) is 16.7 Å². The number of nitrogens with one attached hydrogen (secondary N) is 1. The third-order valence-corrected chi connectivity index (χ3v) is 3.72. The SMILES string of the molecule is Nc1nc(N)nc(CN2C(=O)NC3(CCCC3)C2=O)n1. The zero-order chi connectivity index (χ0) is 14.3. The molecule has 20 heavy (non-hydrogen) atoms. The summed E-state index contributed by atoms with van der Waals surface area (Å²) in [5, 5.41) is 2.78. The van der Waals surface area contributed by atoms with Gasteiger partial charge in [-0.25, -0.2) is 4.79 Å². The molecule has 0 radical (unpaired) electrons. The number of hydrogen-bond acceptors (Lipinski definition) is 7. The van der Waals surface area contributed by atoms with Gasteiger partial charge in [-0.3, -0.25) is 9.69 Å². The molecular formula is C11H15N7O2. The van der Waals surface area contributed by atoms with Crippen molar-refractivity contribution in [1.82, 2.24) is 25.2 Å². The summed E-state index contributed by atoms with van der Waals surface area (Å²) >= 11 is 0. The number of anilines is 2. The predicted molar refractivity (Wildman–Crippen MR) is 68.9 cm³/mol. The summed E-state index contributed by atoms with van der Waals surface area (Å²) in [5.74, 6) is -0.0867. The number of rotatable bonds is 2. The first-order chi connectivity index (χ1) is 9.50. The van der Waals surface area contributed by atoms with Gasteiger partial charge in [-0.05, 0) is 12.8 Å². The van der Waals surface area contributed by atoms with Crippen molar-refractivity contribution in [3.8, 4) is 0 Å². The van der Waals surface area contributed by atoms with Gasteiger partial charge in [0.2, 0.25) is 11.9 Å². The summed E-state index contributed by atoms with van der Waals surface area (Å²) < 4.78 is 0. The van der Waals surface area contributed by atoms with E-state index in [4.69, 9.17) is 11.5 Å². The van der Waals surface area contributed by atoms with Crippen molar-refractivity contribution in [1.29, 1.82) is 0 Å². The number of carbonyl (C=O) groups excluding carboxylic acids is 2. The average molecular weight is 277 g/mol. The Morgan fingerprint density at radius 3 is 2.30 bits per heavy atom. The van der Waals surface area contributed by atoms with E-state index in [1.807, 2.05) is 0 Å². The second kappa shape index (κ2) is 4.29. The lowest BCUT2D eigenvalue weighted by atomic mass is 9.98. The first kappa shape index (κ1) is 12.6. The number of carbonyl (C=O) groups is 2. The third kappa shape index (κ3) is 1.91. The van der Waals surface area contributed by atoms with Crippen molar-refractivity contribution in [3.63, 3.8) is 0 Å². The molecule has 0 aromatic carbocycles. The minimum Gasteiger partial charge on any atom is -0.368 e. The van der Waals surface area contributed by atoms with Crippen LogP contribution in [0.2, 0.25) is 0 Å². The molecule has 3 rings (SSSR count). The van der Waals surface area contributed by atoms with Crippen LogP contribution in [-0.4, -0.2) is 37.3 Å². The van der Waals surface area contributed by atoms with Crippen LogP contribution >= 0.6 is 0 Å². The quantitative estimate of drug-likeness (QED) is 0.613. The largest absolute Gasteiger partial charge is 0.368 e. The van der Waals surface area contributed by atoms with Gasteiger partial charge in [0.25, 0.3) is 5.91 Å². The first-order valence-corrected chi connectivity index (χ1v) is 6.40. The van der Waals surface area contributed by atoms with Crippen LogP contribution in [-0.2, 0) is 11.3 Å². The Labute approximate surface area is 114 Å². The molecule has 2 fully saturated rings. The summed E-state index contributed by atoms with van der Waals surface area (Å²) in [7, 11) is 0. The van der Waals surface area contributed by atoms with Crippen molar-refractivity contribution in [2.24, 2.45) is 0 Å². The number of nitrogens with zero attached hydrogens (tertiary/aromatic N) is 4. The molecule has 0 bridgehead atoms. The van der Waals surface area contributed by atoms with Crippen LogP contribution in [0, 0.1) is 0 Å². The number of amides is 3. The van der Waals surface area contributed by atoms with E-state index < -0.39 is 11.6 Å². The van der Waals surface area contributed by atoms with E-state index in [1.54, 1.807) is 0 Å². The number of urea groups is 1. The molecular weight excluding hydrogens is 262 g/mol. The Balaban J connectivity index is 1.84. The molecule has 1 aromatic rings. The molecule has 1 spiro atoms. The molecule has 9 heteroatoms. The van der Waals surface area contributed by atoms with Crippen LogP contribution in [0.15, 0.2) is 0 Å². The number of aromatic nitrogens is 3. The molecule has 1 saturated carbocycles. The topological polar surface area (TPSA) is 140 Å². The Morgan fingerprint density at radius 1 is 1.10 bits per heavy atom. The van der Waals surface area contributed by atoms with Gasteiger partial charge in [-0.1, -0.05) is 12.8 Å². The Bertz CT molecular complexity index is 562. The fraction of sp³-hybridized carbons (Fsp3) is 0.545. The third-order valence-electron chi connectivity index (χ3n) is 3.72. The van der Waals surface area contributed by atoms with Crippen LogP contribution in [0.25, 0.3) is 0 Å². The van der Waals surface area contributed by atoms with Gasteiger partial charge < -0.3 is 16.8 Å². The lowest BCUT2D eigenvalue weighted by molar-refractivity contribution is -0.131. The van der Waals surface area contributed by atoms with E-state index in [1.165, 1.54) is 0 Å². The van der Waals surface area contributed by atoms with Gasteiger partial charge in [-0.2, -0.15) is 15.0 Å². The average Bonchev–Trinajstić information content (AvgIpc) is 2.90. The van der Waals surface area contributed by atoms with Crippen molar-refractivity contribution in [2.45, 2.75) is 37.8 Å². The maximum absolute atomic E-state index is 12.4. The van der Waals surface area contributed by atoms with Gasteiger partial charge in [0.1, 0.15) is 5.54 Å². The molecule has 2 heterocycles. The van der Waals surface area contributed by atoms with Gasteiger partial charge >= 0.3 is 6.03 Å². The Hall–Kier alpha value is -2.45. The van der Waals surface area contributed by atoms with Gasteiger partial charge in [-0.15, -0.1) is 0 Å². The second-order valence-corrected chi connectivity index (χ2v) is 5.08. The van der Waals surface area contributed by atoms with Crippen LogP contribution in [0.3, 0.4) is 0 Å². The number of hydrogen-bond donors (Lipinski definition) is 3. The summed E-state index contributed by atoms with van der Waals surface area (Å²) in [6, 6.07) is -0.422. The van der Waals surface area contributed by atoms with Crippen LogP contribution in [0.5, 0.6) is 0 Å². The number of imide groups is 1. The van der Waals surface area contributed by atoms with Crippen molar-refractivity contribution in [2.75, 3.05) is 11.5 Å². The van der Waals surface area contributed by atoms with Crippen molar-refractivity contribution in [3.05, 3.63) is 5.82 Å². The zero-order valence-electron chi connectivity index (χ0n) is 10.8. The molecule has 106 valence electrons. The van der Waals surface area contributed by atoms with Gasteiger partial charge in [0, 0.05) is 0 Å². The molecule has 1 saturated heterocycles. The van der Waals surface area contributed by atoms with E-state index in [0.29, 0.717) is 12.8 Å². The lowest BCUT2D eigenvalue weighted by Gasteiger charge is -2.19. The van der Waals surface area contributed by atoms with E-state index in [2.05, 4.69) is 20.3 Å². The smallest absolute Gasteiger partial charge is 0.325 e. The van der Waals surface area contributed by atoms with Gasteiger partial charge in [0.15, 0.2) is 5.82 Å². The Kier molecular flexibility index (Phi) is 2.70. The van der Waals surface area contributed by atoms with Gasteiger partial charge in [0.05, 0.1) is 6.54 Å². The van der Waals surface area contributed by atoms with Crippen molar-refractivity contribution >= 4 is 23.8 Å². The predicted octanol–water partition coefficient (Wildman–Crippen LogP) is -0.599. The highest BCUT2D eigenvalue weighted by molar-refractivity contribution is 6.07. The molecule has 1 aromatic heterocycles. The van der Waals surface area contributed by atoms with E-state index in [0.717, 1.165) is 17.7 Å². The van der Waals surface area contributed by atoms with E-state index in [-0.39, 0.29) is 30.2 Å². The molecule has 0 unspecified atom stereocenters. The molecule has 1 aliphatic heterocycles. The number of nitrogens with two attached hydrogens (primary N) is 2. The lowest BCUT2D eigenvalue weighted by Crippen LogP contribution is -2.44. The number of nitrogen functional groups attached to an aromatic ring is 2.